The summed E-state index contributed by atoms with van der Waals surface area (Å²) in [5.74, 6) is 1.09. The van der Waals surface area contributed by atoms with E-state index in [1.165, 1.54) is 0 Å². The molecule has 0 saturated carbocycles. The third kappa shape index (κ3) is 3.02. The Balaban J connectivity index is 2.79. The Morgan fingerprint density at radius 3 is 2.93 bits per heavy atom. The van der Waals surface area contributed by atoms with Crippen molar-refractivity contribution in [1.82, 2.24) is 9.97 Å². The van der Waals surface area contributed by atoms with Crippen molar-refractivity contribution in [2.75, 3.05) is 6.61 Å². The van der Waals surface area contributed by atoms with E-state index in [-0.39, 0.29) is 6.42 Å². The average Bonchev–Trinajstić information content (AvgIpc) is 2.14. The molecule has 1 rings (SSSR count). The van der Waals surface area contributed by atoms with Crippen molar-refractivity contribution in [2.24, 2.45) is 0 Å². The van der Waals surface area contributed by atoms with Crippen molar-refractivity contribution in [3.8, 4) is 11.9 Å². The van der Waals surface area contributed by atoms with Gasteiger partial charge in [0.1, 0.15) is 5.82 Å². The molecule has 4 nitrogen and oxygen atoms in total. The Morgan fingerprint density at radius 2 is 2.29 bits per heavy atom. The van der Waals surface area contributed by atoms with Gasteiger partial charge in [-0.1, -0.05) is 6.92 Å². The van der Waals surface area contributed by atoms with Crippen LogP contribution in [0.3, 0.4) is 0 Å². The molecule has 0 bridgehead atoms. The molecule has 0 radical (unpaired) electrons. The van der Waals surface area contributed by atoms with Crippen LogP contribution in [0.15, 0.2) is 6.07 Å². The van der Waals surface area contributed by atoms with Crippen LogP contribution >= 0.6 is 0 Å². The lowest BCUT2D eigenvalue weighted by Crippen LogP contribution is -2.02. The number of aromatic nitrogens is 2. The zero-order chi connectivity index (χ0) is 10.4. The number of nitriles is 1. The van der Waals surface area contributed by atoms with Gasteiger partial charge < -0.3 is 4.74 Å². The van der Waals surface area contributed by atoms with Gasteiger partial charge in [-0.05, 0) is 13.3 Å². The highest BCUT2D eigenvalue weighted by atomic mass is 16.5. The minimum Gasteiger partial charge on any atom is -0.478 e. The van der Waals surface area contributed by atoms with E-state index < -0.39 is 0 Å². The smallest absolute Gasteiger partial charge is 0.216 e. The van der Waals surface area contributed by atoms with E-state index in [2.05, 4.69) is 9.97 Å². The van der Waals surface area contributed by atoms with Crippen molar-refractivity contribution in [3.05, 3.63) is 17.6 Å². The van der Waals surface area contributed by atoms with Crippen molar-refractivity contribution in [3.63, 3.8) is 0 Å². The molecule has 0 amide bonds. The molecule has 14 heavy (non-hydrogen) atoms. The summed E-state index contributed by atoms with van der Waals surface area (Å²) < 4.78 is 5.36. The van der Waals surface area contributed by atoms with Crippen LogP contribution < -0.4 is 4.74 Å². The molecule has 0 aliphatic heterocycles. The molecular weight excluding hydrogens is 178 g/mol. The summed E-state index contributed by atoms with van der Waals surface area (Å²) in [7, 11) is 0. The third-order valence-corrected chi connectivity index (χ3v) is 1.57. The first-order chi connectivity index (χ1) is 6.76. The maximum Gasteiger partial charge on any atom is 0.216 e. The highest BCUT2D eigenvalue weighted by Gasteiger charge is 2.02. The fourth-order valence-electron chi connectivity index (χ4n) is 1.03. The molecule has 0 atom stereocenters. The van der Waals surface area contributed by atoms with E-state index in [0.29, 0.717) is 18.3 Å². The maximum absolute atomic E-state index is 8.51. The molecule has 0 saturated heterocycles. The van der Waals surface area contributed by atoms with E-state index >= 15 is 0 Å². The summed E-state index contributed by atoms with van der Waals surface area (Å²) in [6.45, 7) is 4.54. The Labute approximate surface area is 83.6 Å². The summed E-state index contributed by atoms with van der Waals surface area (Å²) in [5, 5.41) is 8.51. The second kappa shape index (κ2) is 5.18. The number of hydrogen-bond acceptors (Lipinski definition) is 4. The summed E-state index contributed by atoms with van der Waals surface area (Å²) in [6, 6.07) is 3.79. The van der Waals surface area contributed by atoms with Gasteiger partial charge in [0.15, 0.2) is 0 Å². The quantitative estimate of drug-likeness (QED) is 0.725. The molecular formula is C10H13N3O. The minimum atomic E-state index is 0.226. The van der Waals surface area contributed by atoms with Crippen LogP contribution in [0, 0.1) is 18.3 Å². The molecule has 0 aliphatic carbocycles. The Morgan fingerprint density at radius 1 is 1.50 bits per heavy atom. The first-order valence-corrected chi connectivity index (χ1v) is 4.60. The molecule has 1 heterocycles. The van der Waals surface area contributed by atoms with E-state index in [9.17, 15) is 0 Å². The van der Waals surface area contributed by atoms with Gasteiger partial charge in [0.25, 0.3) is 0 Å². The maximum atomic E-state index is 8.51. The minimum absolute atomic E-state index is 0.226. The molecule has 4 heteroatoms. The van der Waals surface area contributed by atoms with Gasteiger partial charge in [-0.25, -0.2) is 4.98 Å². The highest BCUT2D eigenvalue weighted by Crippen LogP contribution is 2.09. The fraction of sp³-hybridized carbons (Fsp3) is 0.500. The Bertz CT molecular complexity index is 344. The van der Waals surface area contributed by atoms with Crippen molar-refractivity contribution >= 4 is 0 Å². The van der Waals surface area contributed by atoms with Gasteiger partial charge in [0.05, 0.1) is 19.1 Å². The predicted octanol–water partition coefficient (Wildman–Crippen LogP) is 1.64. The normalized spacial score (nSPS) is 9.50. The standard InChI is InChI=1S/C10H13N3O/c1-3-6-14-10-7-8(2)12-9(13-10)4-5-11/h7H,3-4,6H2,1-2H3. The first kappa shape index (κ1) is 10.5. The highest BCUT2D eigenvalue weighted by molar-refractivity contribution is 5.16. The largest absolute Gasteiger partial charge is 0.478 e. The molecule has 0 N–H and O–H groups in total. The molecule has 0 unspecified atom stereocenters. The van der Waals surface area contributed by atoms with Gasteiger partial charge >= 0.3 is 0 Å². The van der Waals surface area contributed by atoms with Crippen LogP contribution in [0.4, 0.5) is 0 Å². The SMILES string of the molecule is CCCOc1cc(C)nc(CC#N)n1. The van der Waals surface area contributed by atoms with Crippen molar-refractivity contribution in [2.45, 2.75) is 26.7 Å². The lowest BCUT2D eigenvalue weighted by Gasteiger charge is -2.05. The predicted molar refractivity (Wildman–Crippen MR) is 51.9 cm³/mol. The van der Waals surface area contributed by atoms with Crippen LogP contribution in [0.5, 0.6) is 5.88 Å². The molecule has 1 aromatic rings. The van der Waals surface area contributed by atoms with Gasteiger partial charge in [-0.15, -0.1) is 0 Å². The van der Waals surface area contributed by atoms with Crippen molar-refractivity contribution in [1.29, 1.82) is 5.26 Å². The molecule has 0 spiro atoms. The second-order valence-corrected chi connectivity index (χ2v) is 2.95. The summed E-state index contributed by atoms with van der Waals surface area (Å²) >= 11 is 0. The van der Waals surface area contributed by atoms with Crippen LogP contribution in [0.2, 0.25) is 0 Å². The fourth-order valence-corrected chi connectivity index (χ4v) is 1.03. The lowest BCUT2D eigenvalue weighted by atomic mass is 10.4. The van der Waals surface area contributed by atoms with Crippen LogP contribution in [0.25, 0.3) is 0 Å². The molecule has 0 aromatic carbocycles. The number of ether oxygens (including phenoxy) is 1. The number of aryl methyl sites for hydroxylation is 1. The van der Waals surface area contributed by atoms with Gasteiger partial charge in [-0.2, -0.15) is 10.2 Å². The monoisotopic (exact) mass is 191 g/mol. The second-order valence-electron chi connectivity index (χ2n) is 2.95. The van der Waals surface area contributed by atoms with E-state index in [1.807, 2.05) is 19.9 Å². The Kier molecular flexibility index (Phi) is 3.86. The summed E-state index contributed by atoms with van der Waals surface area (Å²) in [6.07, 6.45) is 1.17. The topological polar surface area (TPSA) is 58.8 Å². The summed E-state index contributed by atoms with van der Waals surface area (Å²) in [5.41, 5.74) is 0.830. The van der Waals surface area contributed by atoms with Gasteiger partial charge in [0.2, 0.25) is 5.88 Å². The van der Waals surface area contributed by atoms with Crippen molar-refractivity contribution < 1.29 is 4.74 Å². The van der Waals surface area contributed by atoms with Crippen LogP contribution in [0.1, 0.15) is 24.9 Å². The first-order valence-electron chi connectivity index (χ1n) is 4.60. The zero-order valence-electron chi connectivity index (χ0n) is 8.45. The van der Waals surface area contributed by atoms with E-state index in [0.717, 1.165) is 12.1 Å². The van der Waals surface area contributed by atoms with E-state index in [4.69, 9.17) is 10.00 Å². The number of rotatable bonds is 4. The molecule has 0 fully saturated rings. The summed E-state index contributed by atoms with van der Waals surface area (Å²) in [4.78, 5) is 8.22. The lowest BCUT2D eigenvalue weighted by molar-refractivity contribution is 0.303. The molecule has 1 aromatic heterocycles. The van der Waals surface area contributed by atoms with E-state index in [1.54, 1.807) is 6.07 Å². The van der Waals surface area contributed by atoms with Gasteiger partial charge in [0, 0.05) is 11.8 Å². The zero-order valence-corrected chi connectivity index (χ0v) is 8.45. The third-order valence-electron chi connectivity index (χ3n) is 1.57. The molecule has 74 valence electrons. The average molecular weight is 191 g/mol. The van der Waals surface area contributed by atoms with Crippen LogP contribution in [-0.4, -0.2) is 16.6 Å². The van der Waals surface area contributed by atoms with Crippen LogP contribution in [-0.2, 0) is 6.42 Å². The number of nitrogens with zero attached hydrogens (tertiary/aromatic N) is 3. The molecule has 0 aliphatic rings. The Hall–Kier alpha value is -1.63. The van der Waals surface area contributed by atoms with Gasteiger partial charge in [-0.3, -0.25) is 0 Å². The number of hydrogen-bond donors (Lipinski definition) is 0.